The molecule has 8 nitrogen and oxygen atoms in total. The normalized spacial score (nSPS) is 17.4. The largest absolute Gasteiger partial charge is 0.462 e. The molecule has 0 aromatic heterocycles. The van der Waals surface area contributed by atoms with Crippen LogP contribution in [0.2, 0.25) is 0 Å². The van der Waals surface area contributed by atoms with Crippen molar-refractivity contribution < 1.29 is 38.1 Å². The Morgan fingerprint density at radius 1 is 0.419 bits per heavy atom. The van der Waals surface area contributed by atoms with Crippen molar-refractivity contribution in [3.63, 3.8) is 0 Å². The average molecular weight is 861 g/mol. The molecule has 2 aromatic carbocycles. The van der Waals surface area contributed by atoms with E-state index in [1.807, 2.05) is 0 Å². The summed E-state index contributed by atoms with van der Waals surface area (Å²) in [6.45, 7) is 8.21. The number of hydrogen-bond acceptors (Lipinski definition) is 8. The van der Waals surface area contributed by atoms with Gasteiger partial charge < -0.3 is 18.9 Å². The summed E-state index contributed by atoms with van der Waals surface area (Å²) in [4.78, 5) is 47.2. The molecular weight excluding hydrogens is 777 g/mol. The molecular formula is C54H84O8. The van der Waals surface area contributed by atoms with E-state index in [-0.39, 0.29) is 23.9 Å². The smallest absolute Gasteiger partial charge is 0.338 e. The van der Waals surface area contributed by atoms with Gasteiger partial charge in [0.15, 0.2) is 0 Å². The summed E-state index contributed by atoms with van der Waals surface area (Å²) in [5, 5.41) is 0. The van der Waals surface area contributed by atoms with Crippen molar-refractivity contribution in [2.75, 3.05) is 13.2 Å². The Balaban J connectivity index is 1.42. The van der Waals surface area contributed by atoms with Crippen molar-refractivity contribution in [3.8, 4) is 11.5 Å². The lowest BCUT2D eigenvalue weighted by Crippen LogP contribution is -2.35. The van der Waals surface area contributed by atoms with E-state index in [9.17, 15) is 19.2 Å². The third-order valence-electron chi connectivity index (χ3n) is 13.1. The Morgan fingerprint density at radius 3 is 1.08 bits per heavy atom. The minimum absolute atomic E-state index is 0.333. The number of carbonyl (C=O) groups excluding carboxylic acids is 4. The van der Waals surface area contributed by atoms with Gasteiger partial charge in [0.2, 0.25) is 0 Å². The zero-order valence-corrected chi connectivity index (χ0v) is 39.4. The number of esters is 4. The Kier molecular flexibility index (Phi) is 28.0. The van der Waals surface area contributed by atoms with Crippen molar-refractivity contribution in [1.29, 1.82) is 0 Å². The summed E-state index contributed by atoms with van der Waals surface area (Å²) in [7, 11) is 0. The van der Waals surface area contributed by atoms with Gasteiger partial charge in [-0.3, -0.25) is 9.59 Å². The Hall–Kier alpha value is -3.68. The summed E-state index contributed by atoms with van der Waals surface area (Å²) in [5.74, 6) is 2.94. The Morgan fingerprint density at radius 2 is 0.726 bits per heavy atom. The highest BCUT2D eigenvalue weighted by molar-refractivity contribution is 5.90. The number of unbranched alkanes of at least 4 members (excludes halogenated alkanes) is 18. The Bertz CT molecular complexity index is 1500. The molecule has 1 aliphatic carbocycles. The molecule has 0 unspecified atom stereocenters. The zero-order chi connectivity index (χ0) is 44.6. The van der Waals surface area contributed by atoms with Crippen LogP contribution in [0.25, 0.3) is 0 Å². The first-order chi connectivity index (χ1) is 30.2. The van der Waals surface area contributed by atoms with E-state index in [4.69, 9.17) is 18.9 Å². The topological polar surface area (TPSA) is 105 Å². The quantitative estimate of drug-likeness (QED) is 0.0389. The highest BCUT2D eigenvalue weighted by Crippen LogP contribution is 2.48. The maximum absolute atomic E-state index is 12.5. The Labute approximate surface area is 376 Å². The maximum atomic E-state index is 12.5. The van der Waals surface area contributed by atoms with Crippen molar-refractivity contribution in [1.82, 2.24) is 0 Å². The van der Waals surface area contributed by atoms with Crippen LogP contribution in [0.1, 0.15) is 228 Å². The molecule has 0 N–H and O–H groups in total. The molecule has 0 spiro atoms. The molecule has 4 atom stereocenters. The van der Waals surface area contributed by atoms with E-state index in [1.165, 1.54) is 168 Å². The van der Waals surface area contributed by atoms with Gasteiger partial charge in [-0.05, 0) is 111 Å². The minimum Gasteiger partial charge on any atom is -0.462 e. The molecule has 1 aliphatic rings. The van der Waals surface area contributed by atoms with Crippen LogP contribution in [0.5, 0.6) is 11.5 Å². The molecule has 8 heteroatoms. The number of hydrogen-bond donors (Lipinski definition) is 0. The number of benzene rings is 2. The lowest BCUT2D eigenvalue weighted by Gasteiger charge is -2.44. The lowest BCUT2D eigenvalue weighted by atomic mass is 9.61. The molecule has 0 radical (unpaired) electrons. The monoisotopic (exact) mass is 861 g/mol. The first-order valence-electron chi connectivity index (χ1n) is 25.1. The fourth-order valence-electron chi connectivity index (χ4n) is 9.72. The SMILES string of the molecule is CCCCCCCC[C@H]1[C@H](CCCCCC)CC[C@@H](CCCCCCCCOC(=O)c2ccc(OC(C)=O)cc2)[C@@H]1CCCCCCCCOC(=O)c1ccc(OC(C)=O)cc1. The van der Waals surface area contributed by atoms with Crippen LogP contribution in [0.3, 0.4) is 0 Å². The fraction of sp³-hybridized carbons (Fsp3) is 0.704. The molecule has 1 fully saturated rings. The summed E-state index contributed by atoms with van der Waals surface area (Å²) >= 11 is 0. The second kappa shape index (κ2) is 32.9. The number of carbonyl (C=O) groups is 4. The van der Waals surface area contributed by atoms with Crippen LogP contribution in [0, 0.1) is 23.7 Å². The predicted octanol–water partition coefficient (Wildman–Crippen LogP) is 15.0. The fourth-order valence-corrected chi connectivity index (χ4v) is 9.72. The van der Waals surface area contributed by atoms with Gasteiger partial charge in [-0.2, -0.15) is 0 Å². The van der Waals surface area contributed by atoms with Crippen LogP contribution in [-0.4, -0.2) is 37.1 Å². The van der Waals surface area contributed by atoms with Crippen LogP contribution in [0.15, 0.2) is 48.5 Å². The summed E-state index contributed by atoms with van der Waals surface area (Å²) in [5.41, 5.74) is 0.938. The second-order valence-electron chi connectivity index (χ2n) is 18.2. The van der Waals surface area contributed by atoms with Crippen molar-refractivity contribution in [2.45, 2.75) is 207 Å². The van der Waals surface area contributed by atoms with Crippen molar-refractivity contribution in [3.05, 3.63) is 59.7 Å². The highest BCUT2D eigenvalue weighted by atomic mass is 16.5. The lowest BCUT2D eigenvalue weighted by molar-refractivity contribution is -0.132. The summed E-state index contributed by atoms with van der Waals surface area (Å²) in [6, 6.07) is 13.0. The van der Waals surface area contributed by atoms with Crippen LogP contribution in [0.4, 0.5) is 0 Å². The second-order valence-corrected chi connectivity index (χ2v) is 18.2. The molecule has 0 heterocycles. The van der Waals surface area contributed by atoms with Gasteiger partial charge in [0.05, 0.1) is 24.3 Å². The summed E-state index contributed by atoms with van der Waals surface area (Å²) < 4.78 is 21.1. The molecule has 3 rings (SSSR count). The van der Waals surface area contributed by atoms with Crippen molar-refractivity contribution in [2.24, 2.45) is 23.7 Å². The standard InChI is InChI=1S/C54H84O8/c1-5-7-9-11-17-23-29-51-45(27-21-10-8-6-2)31-32-46(28-22-16-12-14-19-25-41-59-53(57)47-33-37-49(38-34-47)61-43(3)55)52(51)30-24-18-13-15-20-26-42-60-54(58)48-35-39-50(40-36-48)62-44(4)56/h33-40,45-46,51-52H,5-32,41-42H2,1-4H3/t45-,46-,51+,52+/m1/s1. The molecule has 0 saturated heterocycles. The number of ether oxygens (including phenoxy) is 4. The van der Waals surface area contributed by atoms with Crippen molar-refractivity contribution >= 4 is 23.9 Å². The predicted molar refractivity (Wildman–Crippen MR) is 251 cm³/mol. The van der Waals surface area contributed by atoms with E-state index >= 15 is 0 Å². The third-order valence-corrected chi connectivity index (χ3v) is 13.1. The van der Waals surface area contributed by atoms with Gasteiger partial charge >= 0.3 is 23.9 Å². The highest BCUT2D eigenvalue weighted by Gasteiger charge is 2.37. The molecule has 0 bridgehead atoms. The average Bonchev–Trinajstić information content (AvgIpc) is 3.25. The molecule has 348 valence electrons. The van der Waals surface area contributed by atoms with Crippen LogP contribution < -0.4 is 9.47 Å². The van der Waals surface area contributed by atoms with E-state index in [2.05, 4.69) is 13.8 Å². The molecule has 0 aliphatic heterocycles. The zero-order valence-electron chi connectivity index (χ0n) is 39.4. The molecule has 62 heavy (non-hydrogen) atoms. The van der Waals surface area contributed by atoms with E-state index in [1.54, 1.807) is 48.5 Å². The number of rotatable bonds is 34. The van der Waals surface area contributed by atoms with Gasteiger partial charge in [-0.1, -0.05) is 155 Å². The van der Waals surface area contributed by atoms with Crippen LogP contribution >= 0.6 is 0 Å². The van der Waals surface area contributed by atoms with E-state index < -0.39 is 0 Å². The summed E-state index contributed by atoms with van der Waals surface area (Å²) in [6.07, 6.45) is 36.3. The van der Waals surface area contributed by atoms with E-state index in [0.717, 1.165) is 49.4 Å². The van der Waals surface area contributed by atoms with E-state index in [0.29, 0.717) is 35.8 Å². The maximum Gasteiger partial charge on any atom is 0.338 e. The molecule has 0 amide bonds. The van der Waals surface area contributed by atoms with Gasteiger partial charge in [-0.15, -0.1) is 0 Å². The third kappa shape index (κ3) is 22.6. The van der Waals surface area contributed by atoms with Crippen LogP contribution in [-0.2, 0) is 19.1 Å². The van der Waals surface area contributed by atoms with Gasteiger partial charge in [0.25, 0.3) is 0 Å². The molecule has 2 aromatic rings. The first-order valence-corrected chi connectivity index (χ1v) is 25.1. The minimum atomic E-state index is -0.385. The van der Waals surface area contributed by atoms with Gasteiger partial charge in [0.1, 0.15) is 11.5 Å². The van der Waals surface area contributed by atoms with Gasteiger partial charge in [0, 0.05) is 13.8 Å². The molecule has 1 saturated carbocycles. The first kappa shape index (κ1) is 52.7. The van der Waals surface area contributed by atoms with Gasteiger partial charge in [-0.25, -0.2) is 9.59 Å².